The molecule has 0 unspecified atom stereocenters. The van der Waals surface area contributed by atoms with Gasteiger partial charge in [-0.2, -0.15) is 0 Å². The summed E-state index contributed by atoms with van der Waals surface area (Å²) < 4.78 is 16.0. The number of rotatable bonds is 5. The van der Waals surface area contributed by atoms with Gasteiger partial charge in [0, 0.05) is 19.2 Å². The maximum absolute atomic E-state index is 11.8. The van der Waals surface area contributed by atoms with Gasteiger partial charge in [-0.1, -0.05) is 6.07 Å². The van der Waals surface area contributed by atoms with Crippen molar-refractivity contribution in [1.82, 2.24) is 4.90 Å². The Morgan fingerprint density at radius 2 is 2.13 bits per heavy atom. The van der Waals surface area contributed by atoms with Crippen molar-refractivity contribution < 1.29 is 13.9 Å². The van der Waals surface area contributed by atoms with Crippen LogP contribution in [0.25, 0.3) is 0 Å². The molecule has 0 spiro atoms. The molecule has 23 heavy (non-hydrogen) atoms. The lowest BCUT2D eigenvalue weighted by atomic mass is 9.99. The van der Waals surface area contributed by atoms with Crippen molar-refractivity contribution in [2.24, 2.45) is 0 Å². The number of ether oxygens (including phenoxy) is 2. The van der Waals surface area contributed by atoms with Gasteiger partial charge in [-0.25, -0.2) is 0 Å². The molecule has 3 rings (SSSR count). The van der Waals surface area contributed by atoms with E-state index < -0.39 is 0 Å². The van der Waals surface area contributed by atoms with Crippen LogP contribution in [0.2, 0.25) is 0 Å². The third-order valence-electron chi connectivity index (χ3n) is 4.03. The SMILES string of the molecule is CCOc1ccc2c(c1)CN(Cc1cc(=O)c(OC)co1)CC2. The zero-order valence-electron chi connectivity index (χ0n) is 13.5. The van der Waals surface area contributed by atoms with Crippen LogP contribution in [0.4, 0.5) is 0 Å². The van der Waals surface area contributed by atoms with E-state index >= 15 is 0 Å². The van der Waals surface area contributed by atoms with Gasteiger partial charge in [0.1, 0.15) is 17.8 Å². The summed E-state index contributed by atoms with van der Waals surface area (Å²) in [4.78, 5) is 14.1. The van der Waals surface area contributed by atoms with E-state index in [-0.39, 0.29) is 11.2 Å². The van der Waals surface area contributed by atoms with Gasteiger partial charge in [-0.3, -0.25) is 9.69 Å². The number of hydrogen-bond acceptors (Lipinski definition) is 5. The van der Waals surface area contributed by atoms with Crippen LogP contribution in [0, 0.1) is 0 Å². The predicted octanol–water partition coefficient (Wildman–Crippen LogP) is 2.61. The topological polar surface area (TPSA) is 51.9 Å². The smallest absolute Gasteiger partial charge is 0.227 e. The second kappa shape index (κ2) is 6.87. The Kier molecular flexibility index (Phi) is 4.67. The van der Waals surface area contributed by atoms with E-state index in [1.54, 1.807) is 0 Å². The Morgan fingerprint density at radius 1 is 1.26 bits per heavy atom. The molecule has 0 atom stereocenters. The quantitative estimate of drug-likeness (QED) is 0.849. The molecule has 2 heterocycles. The van der Waals surface area contributed by atoms with Crippen molar-refractivity contribution >= 4 is 0 Å². The molecule has 0 fully saturated rings. The maximum atomic E-state index is 11.8. The van der Waals surface area contributed by atoms with E-state index in [1.165, 1.54) is 30.6 Å². The Bertz CT molecular complexity index is 738. The molecule has 1 aromatic heterocycles. The van der Waals surface area contributed by atoms with Crippen LogP contribution in [0.15, 0.2) is 39.7 Å². The predicted molar refractivity (Wildman–Crippen MR) is 87.0 cm³/mol. The minimum absolute atomic E-state index is 0.148. The fraction of sp³-hybridized carbons (Fsp3) is 0.389. The summed E-state index contributed by atoms with van der Waals surface area (Å²) in [5.74, 6) is 1.79. The van der Waals surface area contributed by atoms with Gasteiger partial charge >= 0.3 is 0 Å². The second-order valence-electron chi connectivity index (χ2n) is 5.60. The first kappa shape index (κ1) is 15.6. The highest BCUT2D eigenvalue weighted by Crippen LogP contribution is 2.25. The van der Waals surface area contributed by atoms with Gasteiger partial charge in [0.15, 0.2) is 0 Å². The molecule has 0 N–H and O–H groups in total. The van der Waals surface area contributed by atoms with Crippen LogP contribution in [0.1, 0.15) is 23.8 Å². The molecule has 0 amide bonds. The molecular weight excluding hydrogens is 294 g/mol. The molecule has 2 aromatic rings. The van der Waals surface area contributed by atoms with Gasteiger partial charge < -0.3 is 13.9 Å². The Balaban J connectivity index is 1.72. The molecule has 0 radical (unpaired) electrons. The highest BCUT2D eigenvalue weighted by molar-refractivity contribution is 5.37. The molecule has 1 aromatic carbocycles. The van der Waals surface area contributed by atoms with Crippen LogP contribution < -0.4 is 14.9 Å². The van der Waals surface area contributed by atoms with Gasteiger partial charge in [0.25, 0.3) is 0 Å². The van der Waals surface area contributed by atoms with Gasteiger partial charge in [-0.05, 0) is 36.6 Å². The lowest BCUT2D eigenvalue weighted by Crippen LogP contribution is -2.30. The van der Waals surface area contributed by atoms with Crippen LogP contribution in [0.5, 0.6) is 11.5 Å². The number of benzene rings is 1. The number of methoxy groups -OCH3 is 1. The average Bonchev–Trinajstić information content (AvgIpc) is 2.55. The third kappa shape index (κ3) is 3.56. The van der Waals surface area contributed by atoms with Crippen molar-refractivity contribution in [2.75, 3.05) is 20.3 Å². The largest absolute Gasteiger partial charge is 0.494 e. The maximum Gasteiger partial charge on any atom is 0.227 e. The van der Waals surface area contributed by atoms with Gasteiger partial charge in [0.2, 0.25) is 11.2 Å². The lowest BCUT2D eigenvalue weighted by molar-refractivity contribution is 0.221. The van der Waals surface area contributed by atoms with Crippen LogP contribution in [-0.4, -0.2) is 25.2 Å². The van der Waals surface area contributed by atoms with Crippen LogP contribution in [-0.2, 0) is 19.5 Å². The molecule has 0 aliphatic carbocycles. The van der Waals surface area contributed by atoms with Crippen molar-refractivity contribution in [2.45, 2.75) is 26.4 Å². The monoisotopic (exact) mass is 315 g/mol. The first-order valence-electron chi connectivity index (χ1n) is 7.82. The lowest BCUT2D eigenvalue weighted by Gasteiger charge is -2.28. The molecule has 122 valence electrons. The minimum atomic E-state index is -0.148. The highest BCUT2D eigenvalue weighted by atomic mass is 16.5. The molecule has 0 saturated carbocycles. The Hall–Kier alpha value is -2.27. The molecule has 1 aliphatic rings. The summed E-state index contributed by atoms with van der Waals surface area (Å²) in [6.45, 7) is 5.02. The summed E-state index contributed by atoms with van der Waals surface area (Å²) in [6, 6.07) is 7.78. The molecule has 5 heteroatoms. The van der Waals surface area contributed by atoms with E-state index in [4.69, 9.17) is 13.9 Å². The number of hydrogen-bond donors (Lipinski definition) is 0. The molecule has 0 bridgehead atoms. The minimum Gasteiger partial charge on any atom is -0.494 e. The first-order valence-corrected chi connectivity index (χ1v) is 7.82. The Morgan fingerprint density at radius 3 is 2.87 bits per heavy atom. The van der Waals surface area contributed by atoms with E-state index in [2.05, 4.69) is 17.0 Å². The van der Waals surface area contributed by atoms with Crippen molar-refractivity contribution in [3.63, 3.8) is 0 Å². The summed E-state index contributed by atoms with van der Waals surface area (Å²) in [7, 11) is 1.46. The standard InChI is InChI=1S/C18H21NO4/c1-3-22-15-5-4-13-6-7-19(10-14(13)8-15)11-16-9-17(20)18(21-2)12-23-16/h4-5,8-9,12H,3,6-7,10-11H2,1-2H3. The fourth-order valence-electron chi connectivity index (χ4n) is 2.87. The zero-order chi connectivity index (χ0) is 16.2. The summed E-state index contributed by atoms with van der Waals surface area (Å²) in [5.41, 5.74) is 2.49. The normalized spacial score (nSPS) is 14.3. The van der Waals surface area contributed by atoms with Gasteiger partial charge in [-0.15, -0.1) is 0 Å². The van der Waals surface area contributed by atoms with E-state index in [0.717, 1.165) is 25.3 Å². The van der Waals surface area contributed by atoms with Crippen molar-refractivity contribution in [1.29, 1.82) is 0 Å². The second-order valence-corrected chi connectivity index (χ2v) is 5.60. The van der Waals surface area contributed by atoms with Gasteiger partial charge in [0.05, 0.1) is 20.3 Å². The van der Waals surface area contributed by atoms with Crippen molar-refractivity contribution in [3.05, 3.63) is 57.6 Å². The summed E-state index contributed by atoms with van der Waals surface area (Å²) in [6.07, 6.45) is 2.37. The van der Waals surface area contributed by atoms with Crippen molar-refractivity contribution in [3.8, 4) is 11.5 Å². The van der Waals surface area contributed by atoms with Crippen LogP contribution >= 0.6 is 0 Å². The zero-order valence-corrected chi connectivity index (χ0v) is 13.5. The summed E-state index contributed by atoms with van der Waals surface area (Å²) >= 11 is 0. The molecular formula is C18H21NO4. The average molecular weight is 315 g/mol. The van der Waals surface area contributed by atoms with E-state index in [0.29, 0.717) is 18.9 Å². The fourth-order valence-corrected chi connectivity index (χ4v) is 2.87. The molecule has 1 aliphatic heterocycles. The highest BCUT2D eigenvalue weighted by Gasteiger charge is 2.18. The van der Waals surface area contributed by atoms with E-state index in [9.17, 15) is 4.79 Å². The number of nitrogens with zero attached hydrogens (tertiary/aromatic N) is 1. The Labute approximate surface area is 135 Å². The number of fused-ring (bicyclic) bond motifs is 1. The molecule has 0 saturated heterocycles. The first-order chi connectivity index (χ1) is 11.2. The summed E-state index contributed by atoms with van der Waals surface area (Å²) in [5, 5.41) is 0. The molecule has 5 nitrogen and oxygen atoms in total. The van der Waals surface area contributed by atoms with Crippen LogP contribution in [0.3, 0.4) is 0 Å². The van der Waals surface area contributed by atoms with E-state index in [1.807, 2.05) is 13.0 Å². The third-order valence-corrected chi connectivity index (χ3v) is 4.03.